The average Bonchev–Trinajstić information content (AvgIpc) is 3.34. The van der Waals surface area contributed by atoms with Crippen LogP contribution < -0.4 is 10.6 Å². The Morgan fingerprint density at radius 2 is 2.00 bits per heavy atom. The highest BCUT2D eigenvalue weighted by Crippen LogP contribution is 2.31. The minimum atomic E-state index is -0.660. The van der Waals surface area contributed by atoms with Gasteiger partial charge in [-0.3, -0.25) is 0 Å². The molecule has 3 aromatic rings. The number of hydrogen-bond acceptors (Lipinski definition) is 4. The summed E-state index contributed by atoms with van der Waals surface area (Å²) < 4.78 is 30.4. The molecule has 0 radical (unpaired) electrons. The van der Waals surface area contributed by atoms with Gasteiger partial charge in [-0.25, -0.2) is 18.3 Å². The van der Waals surface area contributed by atoms with Crippen molar-refractivity contribution in [3.8, 4) is 16.9 Å². The van der Waals surface area contributed by atoms with E-state index in [0.29, 0.717) is 17.8 Å². The molecule has 0 aliphatic carbocycles. The van der Waals surface area contributed by atoms with E-state index >= 15 is 0 Å². The van der Waals surface area contributed by atoms with Gasteiger partial charge in [0.25, 0.3) is 0 Å². The number of halogens is 2. The summed E-state index contributed by atoms with van der Waals surface area (Å²) in [6.45, 7) is 8.53. The van der Waals surface area contributed by atoms with E-state index in [4.69, 9.17) is 12.3 Å². The average molecular weight is 395 g/mol. The number of aliphatic hydroxyl groups excluding tert-OH is 1. The Balaban J connectivity index is 1.71. The molecule has 29 heavy (non-hydrogen) atoms. The first-order chi connectivity index (χ1) is 14.0. The molecule has 1 aliphatic heterocycles. The number of nitrogens with zero attached hydrogens (tertiary/aromatic N) is 4. The second-order valence-corrected chi connectivity index (χ2v) is 7.06. The summed E-state index contributed by atoms with van der Waals surface area (Å²) in [5.74, 6) is -0.781. The van der Waals surface area contributed by atoms with Gasteiger partial charge in [-0.2, -0.15) is 5.10 Å². The molecule has 0 spiro atoms. The van der Waals surface area contributed by atoms with Crippen LogP contribution in [0.25, 0.3) is 21.8 Å². The number of nitrogens with two attached hydrogens (primary N) is 1. The molecule has 148 valence electrons. The molecular weight excluding hydrogens is 376 g/mol. The molecule has 0 amide bonds. The van der Waals surface area contributed by atoms with E-state index in [2.05, 4.69) is 9.94 Å². The van der Waals surface area contributed by atoms with Gasteiger partial charge < -0.3 is 15.7 Å². The molecule has 6 nitrogen and oxygen atoms in total. The monoisotopic (exact) mass is 395 g/mol. The molecular formula is C21H19F2N5O. The second kappa shape index (κ2) is 7.53. The van der Waals surface area contributed by atoms with E-state index in [0.717, 1.165) is 18.7 Å². The summed E-state index contributed by atoms with van der Waals surface area (Å²) in [5, 5.41) is 13.5. The van der Waals surface area contributed by atoms with E-state index in [1.807, 2.05) is 4.90 Å². The van der Waals surface area contributed by atoms with Crippen molar-refractivity contribution < 1.29 is 13.9 Å². The zero-order valence-electron chi connectivity index (χ0n) is 15.5. The van der Waals surface area contributed by atoms with Crippen molar-refractivity contribution in [2.24, 2.45) is 5.92 Å². The topological polar surface area (TPSA) is 71.7 Å². The van der Waals surface area contributed by atoms with Crippen LogP contribution >= 0.6 is 0 Å². The summed E-state index contributed by atoms with van der Waals surface area (Å²) in [6, 6.07) is 10.5. The van der Waals surface area contributed by atoms with E-state index in [9.17, 15) is 13.9 Å². The van der Waals surface area contributed by atoms with Gasteiger partial charge in [-0.1, -0.05) is 12.1 Å². The Labute approximate surface area is 166 Å². The number of aliphatic hydroxyl groups is 1. The van der Waals surface area contributed by atoms with Crippen molar-refractivity contribution in [1.29, 1.82) is 0 Å². The van der Waals surface area contributed by atoms with Crippen LogP contribution in [-0.2, 0) is 0 Å². The number of hydrogen-bond donors (Lipinski definition) is 2. The quantitative estimate of drug-likeness (QED) is 0.660. The zero-order chi connectivity index (χ0) is 20.5. The standard InChI is InChI=1S/C21H19F2N5O/c1-25-18-4-2-14(8-16(18)22)20-10-21(24)26-28(20)19-5-3-15(9-17(19)23)27-7-6-13(11-27)12-29/h2-5,8-10,13,29H,6-7,11-12H2,(H2,24,26)/t13-/m0/s1. The number of benzene rings is 2. The van der Waals surface area contributed by atoms with E-state index in [-0.39, 0.29) is 29.7 Å². The molecule has 1 atom stereocenters. The van der Waals surface area contributed by atoms with Crippen molar-refractivity contribution in [2.45, 2.75) is 6.42 Å². The van der Waals surface area contributed by atoms with Crippen molar-refractivity contribution in [2.75, 3.05) is 30.3 Å². The maximum absolute atomic E-state index is 15.0. The molecule has 4 rings (SSSR count). The number of anilines is 2. The first kappa shape index (κ1) is 18.9. The van der Waals surface area contributed by atoms with Gasteiger partial charge in [0.15, 0.2) is 5.82 Å². The molecule has 2 heterocycles. The lowest BCUT2D eigenvalue weighted by atomic mass is 10.1. The van der Waals surface area contributed by atoms with Gasteiger partial charge in [-0.15, -0.1) is 0 Å². The van der Waals surface area contributed by atoms with Gasteiger partial charge in [0.2, 0.25) is 5.69 Å². The van der Waals surface area contributed by atoms with Crippen molar-refractivity contribution in [3.63, 3.8) is 0 Å². The van der Waals surface area contributed by atoms with Gasteiger partial charge in [0, 0.05) is 42.9 Å². The van der Waals surface area contributed by atoms with Crippen molar-refractivity contribution in [1.82, 2.24) is 9.78 Å². The number of nitrogen functional groups attached to an aromatic ring is 1. The maximum Gasteiger partial charge on any atom is 0.222 e. The Hall–Kier alpha value is -3.44. The highest BCUT2D eigenvalue weighted by Gasteiger charge is 2.23. The van der Waals surface area contributed by atoms with Crippen LogP contribution in [0.15, 0.2) is 42.5 Å². The highest BCUT2D eigenvalue weighted by molar-refractivity contribution is 5.68. The fourth-order valence-electron chi connectivity index (χ4n) is 3.63. The van der Waals surface area contributed by atoms with E-state index in [1.165, 1.54) is 28.9 Å². The molecule has 0 bridgehead atoms. The second-order valence-electron chi connectivity index (χ2n) is 7.06. The summed E-state index contributed by atoms with van der Waals surface area (Å²) in [5.41, 5.74) is 7.52. The fraction of sp³-hybridized carbons (Fsp3) is 0.238. The van der Waals surface area contributed by atoms with E-state index in [1.54, 1.807) is 18.2 Å². The lowest BCUT2D eigenvalue weighted by Crippen LogP contribution is -2.20. The smallest absolute Gasteiger partial charge is 0.222 e. The lowest BCUT2D eigenvalue weighted by Gasteiger charge is -2.19. The van der Waals surface area contributed by atoms with Crippen molar-refractivity contribution in [3.05, 3.63) is 65.5 Å². The largest absolute Gasteiger partial charge is 0.396 e. The van der Waals surface area contributed by atoms with Gasteiger partial charge >= 0.3 is 0 Å². The van der Waals surface area contributed by atoms with Crippen molar-refractivity contribution >= 4 is 17.2 Å². The third-order valence-electron chi connectivity index (χ3n) is 5.16. The first-order valence-electron chi connectivity index (χ1n) is 9.19. The molecule has 2 aromatic carbocycles. The van der Waals surface area contributed by atoms with Crippen LogP contribution in [-0.4, -0.2) is 34.6 Å². The summed E-state index contributed by atoms with van der Waals surface area (Å²) in [6.07, 6.45) is 0.867. The van der Waals surface area contributed by atoms with E-state index < -0.39 is 11.6 Å². The predicted molar refractivity (Wildman–Crippen MR) is 107 cm³/mol. The number of aromatic nitrogens is 2. The molecule has 1 aromatic heterocycles. The van der Waals surface area contributed by atoms with Crippen LogP contribution in [0.1, 0.15) is 6.42 Å². The lowest BCUT2D eigenvalue weighted by molar-refractivity contribution is 0.238. The third kappa shape index (κ3) is 3.52. The molecule has 0 unspecified atom stereocenters. The maximum atomic E-state index is 15.0. The number of rotatable bonds is 4. The van der Waals surface area contributed by atoms with Gasteiger partial charge in [0.1, 0.15) is 17.3 Å². The molecule has 1 aliphatic rings. The fourth-order valence-corrected chi connectivity index (χ4v) is 3.63. The molecule has 1 saturated heterocycles. The molecule has 1 fully saturated rings. The summed E-state index contributed by atoms with van der Waals surface area (Å²) in [7, 11) is 0. The normalized spacial score (nSPS) is 16.2. The SMILES string of the molecule is [C-]#[N+]c1ccc(-c2cc(N)nn2-c2ccc(N3CC[C@H](CO)C3)cc2F)cc1F. The molecule has 8 heteroatoms. The van der Waals surface area contributed by atoms with Crippen LogP contribution in [0.4, 0.5) is 26.0 Å². The Morgan fingerprint density at radius 3 is 2.66 bits per heavy atom. The third-order valence-corrected chi connectivity index (χ3v) is 5.16. The summed E-state index contributed by atoms with van der Waals surface area (Å²) >= 11 is 0. The first-order valence-corrected chi connectivity index (χ1v) is 9.19. The Bertz CT molecular complexity index is 1100. The van der Waals surface area contributed by atoms with Gasteiger partial charge in [0.05, 0.1) is 12.3 Å². The predicted octanol–water partition coefficient (Wildman–Crippen LogP) is 3.77. The molecule has 3 N–H and O–H groups in total. The summed E-state index contributed by atoms with van der Waals surface area (Å²) in [4.78, 5) is 5.14. The zero-order valence-corrected chi connectivity index (χ0v) is 15.5. The van der Waals surface area contributed by atoms with Crippen LogP contribution in [0, 0.1) is 24.1 Å². The Kier molecular flexibility index (Phi) is 4.91. The minimum absolute atomic E-state index is 0.0879. The molecule has 0 saturated carbocycles. The highest BCUT2D eigenvalue weighted by atomic mass is 19.1. The van der Waals surface area contributed by atoms with Crippen LogP contribution in [0.5, 0.6) is 0 Å². The Morgan fingerprint density at radius 1 is 1.17 bits per heavy atom. The van der Waals surface area contributed by atoms with Crippen LogP contribution in [0.3, 0.4) is 0 Å². The minimum Gasteiger partial charge on any atom is -0.396 e. The van der Waals surface area contributed by atoms with Gasteiger partial charge in [-0.05, 0) is 30.7 Å². The van der Waals surface area contributed by atoms with Crippen LogP contribution in [0.2, 0.25) is 0 Å².